The lowest BCUT2D eigenvalue weighted by atomic mass is 9.80. The van der Waals surface area contributed by atoms with Crippen LogP contribution in [0.4, 0.5) is 11.5 Å². The summed E-state index contributed by atoms with van der Waals surface area (Å²) in [6.45, 7) is 2.31. The number of pyridine rings is 1. The standard InChI is InChI=1S/C12H17N3O3/c1-9-7-13-11(6-10(9)15(16)17)14-8-12(18-2)4-3-5-12/h6-7H,3-5,8H2,1-2H3,(H,13,14). The summed E-state index contributed by atoms with van der Waals surface area (Å²) in [4.78, 5) is 14.6. The summed E-state index contributed by atoms with van der Waals surface area (Å²) in [6, 6.07) is 1.47. The molecule has 2 rings (SSSR count). The molecule has 1 aromatic heterocycles. The maximum Gasteiger partial charge on any atom is 0.277 e. The number of nitrogens with one attached hydrogen (secondary N) is 1. The van der Waals surface area contributed by atoms with Crippen LogP contribution in [-0.4, -0.2) is 29.2 Å². The molecule has 0 saturated heterocycles. The zero-order valence-corrected chi connectivity index (χ0v) is 10.6. The Morgan fingerprint density at radius 3 is 2.83 bits per heavy atom. The number of ether oxygens (including phenoxy) is 1. The van der Waals surface area contributed by atoms with Crippen LogP contribution in [0.2, 0.25) is 0 Å². The van der Waals surface area contributed by atoms with Crippen molar-refractivity contribution in [2.24, 2.45) is 0 Å². The third-order valence-corrected chi connectivity index (χ3v) is 3.56. The van der Waals surface area contributed by atoms with Crippen molar-refractivity contribution >= 4 is 11.5 Å². The molecule has 1 saturated carbocycles. The Hall–Kier alpha value is -1.69. The van der Waals surface area contributed by atoms with Gasteiger partial charge in [-0.1, -0.05) is 0 Å². The molecule has 0 aliphatic heterocycles. The van der Waals surface area contributed by atoms with Gasteiger partial charge in [0.25, 0.3) is 5.69 Å². The number of aromatic nitrogens is 1. The third-order valence-electron chi connectivity index (χ3n) is 3.56. The molecule has 1 fully saturated rings. The summed E-state index contributed by atoms with van der Waals surface area (Å²) in [5, 5.41) is 13.9. The van der Waals surface area contributed by atoms with Crippen molar-refractivity contribution in [2.45, 2.75) is 31.8 Å². The fourth-order valence-corrected chi connectivity index (χ4v) is 2.08. The second kappa shape index (κ2) is 4.89. The molecule has 0 unspecified atom stereocenters. The Morgan fingerprint density at radius 1 is 1.61 bits per heavy atom. The third kappa shape index (κ3) is 2.43. The molecule has 0 spiro atoms. The second-order valence-electron chi connectivity index (χ2n) is 4.71. The van der Waals surface area contributed by atoms with Gasteiger partial charge >= 0.3 is 0 Å². The quantitative estimate of drug-likeness (QED) is 0.641. The van der Waals surface area contributed by atoms with Crippen molar-refractivity contribution in [3.8, 4) is 0 Å². The van der Waals surface area contributed by atoms with Crippen LogP contribution < -0.4 is 5.32 Å². The number of hydrogen-bond donors (Lipinski definition) is 1. The molecule has 0 amide bonds. The molecule has 0 aromatic carbocycles. The fraction of sp³-hybridized carbons (Fsp3) is 0.583. The zero-order valence-electron chi connectivity index (χ0n) is 10.6. The first kappa shape index (κ1) is 12.8. The van der Waals surface area contributed by atoms with E-state index in [1.807, 2.05) is 0 Å². The average molecular weight is 251 g/mol. The summed E-state index contributed by atoms with van der Waals surface area (Å²) in [6.07, 6.45) is 4.71. The molecule has 0 radical (unpaired) electrons. The largest absolute Gasteiger partial charge is 0.376 e. The van der Waals surface area contributed by atoms with Gasteiger partial charge in [0.1, 0.15) is 5.82 Å². The van der Waals surface area contributed by atoms with Crippen LogP contribution in [0.25, 0.3) is 0 Å². The van der Waals surface area contributed by atoms with Crippen molar-refractivity contribution in [1.29, 1.82) is 0 Å². The van der Waals surface area contributed by atoms with Gasteiger partial charge in [0.05, 0.1) is 16.6 Å². The van der Waals surface area contributed by atoms with Gasteiger partial charge in [-0.3, -0.25) is 10.1 Å². The number of nitro groups is 1. The maximum atomic E-state index is 10.8. The van der Waals surface area contributed by atoms with Gasteiger partial charge in [-0.25, -0.2) is 4.98 Å². The van der Waals surface area contributed by atoms with Gasteiger partial charge < -0.3 is 10.1 Å². The first-order chi connectivity index (χ1) is 8.56. The van der Waals surface area contributed by atoms with E-state index in [1.54, 1.807) is 14.0 Å². The van der Waals surface area contributed by atoms with Crippen LogP contribution in [0.3, 0.4) is 0 Å². The van der Waals surface area contributed by atoms with Crippen LogP contribution in [0, 0.1) is 17.0 Å². The van der Waals surface area contributed by atoms with Crippen LogP contribution in [-0.2, 0) is 4.74 Å². The van der Waals surface area contributed by atoms with Crippen LogP contribution in [0.1, 0.15) is 24.8 Å². The Bertz CT molecular complexity index is 452. The Labute approximate surface area is 106 Å². The smallest absolute Gasteiger partial charge is 0.277 e. The van der Waals surface area contributed by atoms with E-state index in [-0.39, 0.29) is 11.3 Å². The fourth-order valence-electron chi connectivity index (χ4n) is 2.08. The second-order valence-corrected chi connectivity index (χ2v) is 4.71. The highest BCUT2D eigenvalue weighted by Crippen LogP contribution is 2.35. The summed E-state index contributed by atoms with van der Waals surface area (Å²) in [7, 11) is 1.70. The maximum absolute atomic E-state index is 10.8. The zero-order chi connectivity index (χ0) is 13.2. The van der Waals surface area contributed by atoms with Gasteiger partial charge in [0, 0.05) is 25.4 Å². The molecule has 6 nitrogen and oxygen atoms in total. The summed E-state index contributed by atoms with van der Waals surface area (Å²) < 4.78 is 5.47. The van der Waals surface area contributed by atoms with E-state index < -0.39 is 4.92 Å². The predicted octanol–water partition coefficient (Wildman–Crippen LogP) is 2.28. The molecule has 1 heterocycles. The molecule has 6 heteroatoms. The van der Waals surface area contributed by atoms with Gasteiger partial charge in [0.2, 0.25) is 0 Å². The predicted molar refractivity (Wildman–Crippen MR) is 67.7 cm³/mol. The summed E-state index contributed by atoms with van der Waals surface area (Å²) in [5.74, 6) is 0.524. The first-order valence-electron chi connectivity index (χ1n) is 5.96. The van der Waals surface area contributed by atoms with Crippen molar-refractivity contribution in [2.75, 3.05) is 19.0 Å². The molecule has 0 bridgehead atoms. The number of aryl methyl sites for hydroxylation is 1. The Balaban J connectivity index is 2.06. The van der Waals surface area contributed by atoms with E-state index >= 15 is 0 Å². The molecular weight excluding hydrogens is 234 g/mol. The van der Waals surface area contributed by atoms with E-state index in [2.05, 4.69) is 10.3 Å². The minimum absolute atomic E-state index is 0.0903. The molecule has 0 atom stereocenters. The Morgan fingerprint density at radius 2 is 2.33 bits per heavy atom. The number of hydrogen-bond acceptors (Lipinski definition) is 5. The average Bonchev–Trinajstić information content (AvgIpc) is 2.30. The molecule has 18 heavy (non-hydrogen) atoms. The van der Waals surface area contributed by atoms with Gasteiger partial charge in [-0.2, -0.15) is 0 Å². The van der Waals surface area contributed by atoms with Crippen molar-refractivity contribution in [3.63, 3.8) is 0 Å². The van der Waals surface area contributed by atoms with Gasteiger partial charge in [-0.05, 0) is 26.2 Å². The monoisotopic (exact) mass is 251 g/mol. The SMILES string of the molecule is COC1(CNc2cc([N+](=O)[O-])c(C)cn2)CCC1. The number of rotatable bonds is 5. The van der Waals surface area contributed by atoms with Crippen LogP contribution >= 0.6 is 0 Å². The van der Waals surface area contributed by atoms with Gasteiger partial charge in [-0.15, -0.1) is 0 Å². The first-order valence-corrected chi connectivity index (χ1v) is 5.96. The molecule has 1 aromatic rings. The molecule has 98 valence electrons. The lowest BCUT2D eigenvalue weighted by Crippen LogP contribution is -2.45. The highest BCUT2D eigenvalue weighted by atomic mass is 16.6. The van der Waals surface area contributed by atoms with E-state index in [0.29, 0.717) is 17.9 Å². The highest BCUT2D eigenvalue weighted by molar-refractivity contribution is 5.49. The Kier molecular flexibility index (Phi) is 3.47. The topological polar surface area (TPSA) is 77.3 Å². The molecule has 1 aliphatic carbocycles. The van der Waals surface area contributed by atoms with Crippen molar-refractivity contribution in [3.05, 3.63) is 27.9 Å². The summed E-state index contributed by atoms with van der Waals surface area (Å²) in [5.41, 5.74) is 0.532. The number of anilines is 1. The molecule has 1 N–H and O–H groups in total. The van der Waals surface area contributed by atoms with E-state index in [4.69, 9.17) is 4.74 Å². The van der Waals surface area contributed by atoms with Gasteiger partial charge in [0.15, 0.2) is 0 Å². The lowest BCUT2D eigenvalue weighted by Gasteiger charge is -2.40. The van der Waals surface area contributed by atoms with E-state index in [1.165, 1.54) is 12.3 Å². The van der Waals surface area contributed by atoms with Crippen molar-refractivity contribution in [1.82, 2.24) is 4.98 Å². The van der Waals surface area contributed by atoms with Crippen LogP contribution in [0.15, 0.2) is 12.3 Å². The summed E-state index contributed by atoms with van der Waals surface area (Å²) >= 11 is 0. The minimum Gasteiger partial charge on any atom is -0.376 e. The van der Waals surface area contributed by atoms with E-state index in [0.717, 1.165) is 19.3 Å². The highest BCUT2D eigenvalue weighted by Gasteiger charge is 2.36. The minimum atomic E-state index is -0.391. The van der Waals surface area contributed by atoms with E-state index in [9.17, 15) is 10.1 Å². The van der Waals surface area contributed by atoms with Crippen LogP contribution in [0.5, 0.6) is 0 Å². The number of methoxy groups -OCH3 is 1. The number of nitrogens with zero attached hydrogens (tertiary/aromatic N) is 2. The van der Waals surface area contributed by atoms with Crippen molar-refractivity contribution < 1.29 is 9.66 Å². The molecular formula is C12H17N3O3. The normalized spacial score (nSPS) is 17.0. The molecule has 1 aliphatic rings. The lowest BCUT2D eigenvalue weighted by molar-refractivity contribution is -0.385.